The van der Waals surface area contributed by atoms with Crippen molar-refractivity contribution in [3.63, 3.8) is 0 Å². The van der Waals surface area contributed by atoms with Crippen LogP contribution in [0, 0.1) is 0 Å². The van der Waals surface area contributed by atoms with Crippen molar-refractivity contribution in [3.05, 3.63) is 0 Å². The van der Waals surface area contributed by atoms with E-state index >= 15 is 0 Å². The van der Waals surface area contributed by atoms with Gasteiger partial charge in [-0.3, -0.25) is 9.69 Å². The van der Waals surface area contributed by atoms with Gasteiger partial charge in [0.25, 0.3) is 0 Å². The van der Waals surface area contributed by atoms with E-state index in [2.05, 4.69) is 16.6 Å². The van der Waals surface area contributed by atoms with Gasteiger partial charge in [-0.15, -0.1) is 0 Å². The SMILES string of the molecule is COC(=O)CCN1C[C@H]1C. The fourth-order valence-electron chi connectivity index (χ4n) is 0.941. The molecule has 58 valence electrons. The molecule has 3 nitrogen and oxygen atoms in total. The van der Waals surface area contributed by atoms with Crippen molar-refractivity contribution < 1.29 is 9.53 Å². The van der Waals surface area contributed by atoms with Crippen molar-refractivity contribution in [2.75, 3.05) is 20.2 Å². The van der Waals surface area contributed by atoms with Gasteiger partial charge in [-0.05, 0) is 6.92 Å². The largest absolute Gasteiger partial charge is 0.469 e. The summed E-state index contributed by atoms with van der Waals surface area (Å²) in [6, 6.07) is 0.685. The van der Waals surface area contributed by atoms with E-state index in [4.69, 9.17) is 0 Å². The minimum absolute atomic E-state index is 0.112. The molecule has 1 heterocycles. The Balaban J connectivity index is 2.00. The van der Waals surface area contributed by atoms with Crippen LogP contribution in [0.3, 0.4) is 0 Å². The summed E-state index contributed by atoms with van der Waals surface area (Å²) in [6.07, 6.45) is 0.529. The number of methoxy groups -OCH3 is 1. The van der Waals surface area contributed by atoms with Crippen LogP contribution < -0.4 is 0 Å². The van der Waals surface area contributed by atoms with Crippen LogP contribution in [0.2, 0.25) is 0 Å². The number of rotatable bonds is 3. The molecule has 0 bridgehead atoms. The van der Waals surface area contributed by atoms with Crippen molar-refractivity contribution in [1.82, 2.24) is 4.90 Å². The molecule has 1 saturated heterocycles. The highest BCUT2D eigenvalue weighted by atomic mass is 16.5. The Morgan fingerprint density at radius 2 is 2.40 bits per heavy atom. The Labute approximate surface area is 61.0 Å². The van der Waals surface area contributed by atoms with Gasteiger partial charge in [0.1, 0.15) is 0 Å². The Morgan fingerprint density at radius 1 is 1.80 bits per heavy atom. The Kier molecular flexibility index (Phi) is 2.27. The van der Waals surface area contributed by atoms with E-state index in [1.54, 1.807) is 0 Å². The third-order valence-electron chi connectivity index (χ3n) is 1.82. The molecular weight excluding hydrogens is 130 g/mol. The van der Waals surface area contributed by atoms with Gasteiger partial charge in [-0.2, -0.15) is 0 Å². The normalized spacial score (nSPS) is 29.8. The maximum atomic E-state index is 10.6. The number of nitrogens with zero attached hydrogens (tertiary/aromatic N) is 1. The fraction of sp³-hybridized carbons (Fsp3) is 0.857. The average molecular weight is 143 g/mol. The molecule has 1 rings (SSSR count). The minimum Gasteiger partial charge on any atom is -0.469 e. The summed E-state index contributed by atoms with van der Waals surface area (Å²) < 4.78 is 4.50. The summed E-state index contributed by atoms with van der Waals surface area (Å²) in [7, 11) is 1.42. The van der Waals surface area contributed by atoms with Crippen LogP contribution in [-0.2, 0) is 9.53 Å². The van der Waals surface area contributed by atoms with E-state index in [1.807, 2.05) is 0 Å². The van der Waals surface area contributed by atoms with Crippen molar-refractivity contribution in [2.45, 2.75) is 19.4 Å². The van der Waals surface area contributed by atoms with Crippen molar-refractivity contribution in [2.24, 2.45) is 0 Å². The van der Waals surface area contributed by atoms with E-state index in [0.29, 0.717) is 12.5 Å². The molecule has 0 aromatic carbocycles. The zero-order chi connectivity index (χ0) is 7.56. The second-order valence-electron chi connectivity index (χ2n) is 2.67. The summed E-state index contributed by atoms with van der Waals surface area (Å²) in [5.41, 5.74) is 0. The van der Waals surface area contributed by atoms with E-state index in [1.165, 1.54) is 7.11 Å². The van der Waals surface area contributed by atoms with Gasteiger partial charge < -0.3 is 4.74 Å². The van der Waals surface area contributed by atoms with Gasteiger partial charge in [-0.1, -0.05) is 0 Å². The maximum absolute atomic E-state index is 10.6. The van der Waals surface area contributed by atoms with E-state index in [-0.39, 0.29) is 5.97 Å². The molecule has 0 saturated carbocycles. The third-order valence-corrected chi connectivity index (χ3v) is 1.82. The second kappa shape index (κ2) is 3.01. The quantitative estimate of drug-likeness (QED) is 0.419. The summed E-state index contributed by atoms with van der Waals surface area (Å²) in [5.74, 6) is -0.112. The lowest BCUT2D eigenvalue weighted by Gasteiger charge is -1.99. The fourth-order valence-corrected chi connectivity index (χ4v) is 0.941. The van der Waals surface area contributed by atoms with Crippen LogP contribution in [-0.4, -0.2) is 37.1 Å². The molecule has 0 spiro atoms. The molecule has 0 radical (unpaired) electrons. The lowest BCUT2D eigenvalue weighted by atomic mass is 10.4. The molecule has 3 heteroatoms. The first-order chi connectivity index (χ1) is 4.74. The van der Waals surface area contributed by atoms with Crippen LogP contribution >= 0.6 is 0 Å². The predicted octanol–water partition coefficient (Wildman–Crippen LogP) is 0.254. The molecule has 0 N–H and O–H groups in total. The lowest BCUT2D eigenvalue weighted by molar-refractivity contribution is -0.140. The number of hydrogen-bond acceptors (Lipinski definition) is 3. The Bertz CT molecular complexity index is 136. The molecule has 1 unspecified atom stereocenters. The lowest BCUT2D eigenvalue weighted by Crippen LogP contribution is -2.09. The number of ether oxygens (including phenoxy) is 1. The summed E-state index contributed by atoms with van der Waals surface area (Å²) in [4.78, 5) is 12.8. The number of carbonyl (C=O) groups excluding carboxylic acids is 1. The highest BCUT2D eigenvalue weighted by molar-refractivity contribution is 5.69. The van der Waals surface area contributed by atoms with Crippen molar-refractivity contribution in [1.29, 1.82) is 0 Å². The van der Waals surface area contributed by atoms with Crippen molar-refractivity contribution >= 4 is 5.97 Å². The maximum Gasteiger partial charge on any atom is 0.306 e. The summed E-state index contributed by atoms with van der Waals surface area (Å²) in [5, 5.41) is 0. The first-order valence-electron chi connectivity index (χ1n) is 3.55. The van der Waals surface area contributed by atoms with Crippen molar-refractivity contribution in [3.8, 4) is 0 Å². The van der Waals surface area contributed by atoms with Crippen LogP contribution in [0.4, 0.5) is 0 Å². The molecular formula is C7H13NO2. The van der Waals surface area contributed by atoms with Gasteiger partial charge in [0.15, 0.2) is 0 Å². The zero-order valence-corrected chi connectivity index (χ0v) is 6.46. The predicted molar refractivity (Wildman–Crippen MR) is 37.7 cm³/mol. The second-order valence-corrected chi connectivity index (χ2v) is 2.67. The number of carbonyl (C=O) groups is 1. The topological polar surface area (TPSA) is 29.3 Å². The van der Waals surface area contributed by atoms with Gasteiger partial charge in [0.2, 0.25) is 0 Å². The first-order valence-corrected chi connectivity index (χ1v) is 3.55. The summed E-state index contributed by atoms with van der Waals surface area (Å²) >= 11 is 0. The average Bonchev–Trinajstić information content (AvgIpc) is 2.61. The number of esters is 1. The van der Waals surface area contributed by atoms with Gasteiger partial charge in [0.05, 0.1) is 13.5 Å². The molecule has 2 atom stereocenters. The van der Waals surface area contributed by atoms with Gasteiger partial charge in [-0.25, -0.2) is 0 Å². The molecule has 0 aromatic rings. The van der Waals surface area contributed by atoms with E-state index < -0.39 is 0 Å². The summed E-state index contributed by atoms with van der Waals surface area (Å²) in [6.45, 7) is 4.14. The highest BCUT2D eigenvalue weighted by Gasteiger charge is 2.28. The van der Waals surface area contributed by atoms with Gasteiger partial charge in [0, 0.05) is 19.1 Å². The standard InChI is InChI=1S/C7H13NO2/c1-6-5-8(6)4-3-7(9)10-2/h6H,3-5H2,1-2H3/t6-,8?/m1/s1. The molecule has 1 aliphatic rings. The first kappa shape index (κ1) is 7.54. The molecule has 10 heavy (non-hydrogen) atoms. The smallest absolute Gasteiger partial charge is 0.306 e. The molecule has 0 aromatic heterocycles. The van der Waals surface area contributed by atoms with Crippen LogP contribution in [0.5, 0.6) is 0 Å². The van der Waals surface area contributed by atoms with E-state index in [9.17, 15) is 4.79 Å². The molecule has 1 fully saturated rings. The molecule has 0 aliphatic carbocycles. The van der Waals surface area contributed by atoms with Crippen LogP contribution in [0.1, 0.15) is 13.3 Å². The molecule has 1 aliphatic heterocycles. The number of hydrogen-bond donors (Lipinski definition) is 0. The minimum atomic E-state index is -0.112. The third kappa shape index (κ3) is 1.99. The Hall–Kier alpha value is -0.570. The van der Waals surface area contributed by atoms with Gasteiger partial charge >= 0.3 is 5.97 Å². The van der Waals surface area contributed by atoms with Crippen LogP contribution in [0.15, 0.2) is 0 Å². The highest BCUT2D eigenvalue weighted by Crippen LogP contribution is 2.15. The van der Waals surface area contributed by atoms with Crippen LogP contribution in [0.25, 0.3) is 0 Å². The Morgan fingerprint density at radius 3 is 2.80 bits per heavy atom. The zero-order valence-electron chi connectivity index (χ0n) is 6.46. The van der Waals surface area contributed by atoms with E-state index in [0.717, 1.165) is 13.1 Å². The molecule has 0 amide bonds. The monoisotopic (exact) mass is 143 g/mol.